The van der Waals surface area contributed by atoms with Crippen LogP contribution >= 0.6 is 0 Å². The molecule has 2 saturated heterocycles. The van der Waals surface area contributed by atoms with Gasteiger partial charge in [-0.2, -0.15) is 0 Å². The molecule has 0 amide bonds. The van der Waals surface area contributed by atoms with Crippen molar-refractivity contribution in [2.24, 2.45) is 11.7 Å². The fraction of sp³-hybridized carbons (Fsp3) is 1.00. The van der Waals surface area contributed by atoms with Crippen LogP contribution in [-0.4, -0.2) is 53.6 Å². The van der Waals surface area contributed by atoms with E-state index < -0.39 is 0 Å². The second-order valence-corrected chi connectivity index (χ2v) is 6.99. The third-order valence-corrected chi connectivity index (χ3v) is 5.54. The van der Waals surface area contributed by atoms with Crippen LogP contribution in [0.1, 0.15) is 46.0 Å². The van der Waals surface area contributed by atoms with Gasteiger partial charge in [-0.3, -0.25) is 9.80 Å². The third-order valence-electron chi connectivity index (χ3n) is 5.54. The molecule has 0 aromatic carbocycles. The van der Waals surface area contributed by atoms with E-state index in [0.29, 0.717) is 18.1 Å². The summed E-state index contributed by atoms with van der Waals surface area (Å²) in [7, 11) is 0. The van der Waals surface area contributed by atoms with Crippen molar-refractivity contribution in [1.29, 1.82) is 0 Å². The van der Waals surface area contributed by atoms with E-state index in [0.717, 1.165) is 12.0 Å². The highest BCUT2D eigenvalue weighted by molar-refractivity contribution is 4.97. The van der Waals surface area contributed by atoms with Gasteiger partial charge in [0.15, 0.2) is 0 Å². The molecule has 3 aliphatic rings. The molecule has 3 heteroatoms. The lowest BCUT2D eigenvalue weighted by Gasteiger charge is -2.49. The van der Waals surface area contributed by atoms with Crippen molar-refractivity contribution in [2.45, 2.75) is 70.1 Å². The number of piperazine rings is 1. The molecule has 2 N–H and O–H groups in total. The molecule has 104 valence electrons. The summed E-state index contributed by atoms with van der Waals surface area (Å²) in [6.45, 7) is 8.67. The number of hydrogen-bond donors (Lipinski definition) is 1. The number of nitrogens with zero attached hydrogens (tertiary/aromatic N) is 2. The standard InChI is InChI=1S/C15H29N3/c1-11-5-6-14(16)15(8-11)18-10-13-4-3-7-17(13)9-12(18)2/h11-15H,3-10,16H2,1-2H3. The van der Waals surface area contributed by atoms with E-state index in [1.165, 1.54) is 51.7 Å². The van der Waals surface area contributed by atoms with Gasteiger partial charge >= 0.3 is 0 Å². The summed E-state index contributed by atoms with van der Waals surface area (Å²) < 4.78 is 0. The lowest BCUT2D eigenvalue weighted by molar-refractivity contribution is 0.00240. The van der Waals surface area contributed by atoms with E-state index in [2.05, 4.69) is 23.6 Å². The van der Waals surface area contributed by atoms with Crippen LogP contribution in [0.2, 0.25) is 0 Å². The van der Waals surface area contributed by atoms with Gasteiger partial charge < -0.3 is 5.73 Å². The minimum Gasteiger partial charge on any atom is -0.326 e. The molecule has 3 nitrogen and oxygen atoms in total. The van der Waals surface area contributed by atoms with Crippen LogP contribution in [0.15, 0.2) is 0 Å². The molecular formula is C15H29N3. The minimum atomic E-state index is 0.414. The molecule has 5 atom stereocenters. The molecule has 0 bridgehead atoms. The fourth-order valence-corrected chi connectivity index (χ4v) is 4.43. The normalized spacial score (nSPS) is 47.2. The molecular weight excluding hydrogens is 222 g/mol. The van der Waals surface area contributed by atoms with Gasteiger partial charge in [-0.15, -0.1) is 0 Å². The number of fused-ring (bicyclic) bond motifs is 1. The maximum Gasteiger partial charge on any atom is 0.0253 e. The number of hydrogen-bond acceptors (Lipinski definition) is 3. The Morgan fingerprint density at radius 3 is 2.72 bits per heavy atom. The molecule has 1 aliphatic carbocycles. The van der Waals surface area contributed by atoms with Crippen molar-refractivity contribution in [3.63, 3.8) is 0 Å². The lowest BCUT2D eigenvalue weighted by atomic mass is 9.82. The number of rotatable bonds is 1. The first-order valence-electron chi connectivity index (χ1n) is 7.90. The first-order chi connectivity index (χ1) is 8.65. The van der Waals surface area contributed by atoms with Crippen molar-refractivity contribution >= 4 is 0 Å². The van der Waals surface area contributed by atoms with E-state index in [1.807, 2.05) is 0 Å². The molecule has 0 aromatic rings. The smallest absolute Gasteiger partial charge is 0.0253 e. The monoisotopic (exact) mass is 251 g/mol. The second kappa shape index (κ2) is 5.10. The van der Waals surface area contributed by atoms with Gasteiger partial charge in [0, 0.05) is 37.3 Å². The van der Waals surface area contributed by atoms with Gasteiger partial charge in [0.1, 0.15) is 0 Å². The summed E-state index contributed by atoms with van der Waals surface area (Å²) in [5.74, 6) is 0.864. The predicted molar refractivity (Wildman–Crippen MR) is 75.5 cm³/mol. The third kappa shape index (κ3) is 2.33. The Bertz CT molecular complexity index is 293. The summed E-state index contributed by atoms with van der Waals surface area (Å²) in [5, 5.41) is 0. The maximum atomic E-state index is 6.42. The Kier molecular flexibility index (Phi) is 3.65. The molecule has 1 saturated carbocycles. The Morgan fingerprint density at radius 2 is 1.89 bits per heavy atom. The number of nitrogens with two attached hydrogens (primary N) is 1. The SMILES string of the molecule is CC1CCC(N)C(N2CC3CCCN3CC2C)C1. The average Bonchev–Trinajstić information content (AvgIpc) is 2.78. The van der Waals surface area contributed by atoms with E-state index in [1.54, 1.807) is 0 Å². The highest BCUT2D eigenvalue weighted by Crippen LogP contribution is 2.32. The Hall–Kier alpha value is -0.120. The zero-order valence-electron chi connectivity index (χ0n) is 12.0. The highest BCUT2D eigenvalue weighted by atomic mass is 15.3. The van der Waals surface area contributed by atoms with Crippen molar-refractivity contribution < 1.29 is 0 Å². The summed E-state index contributed by atoms with van der Waals surface area (Å²) in [5.41, 5.74) is 6.42. The van der Waals surface area contributed by atoms with Crippen molar-refractivity contribution in [3.8, 4) is 0 Å². The predicted octanol–water partition coefficient (Wildman–Crippen LogP) is 1.67. The van der Waals surface area contributed by atoms with Crippen LogP contribution < -0.4 is 5.73 Å². The zero-order chi connectivity index (χ0) is 12.7. The van der Waals surface area contributed by atoms with Gasteiger partial charge in [0.25, 0.3) is 0 Å². The topological polar surface area (TPSA) is 32.5 Å². The van der Waals surface area contributed by atoms with E-state index in [4.69, 9.17) is 5.73 Å². The van der Waals surface area contributed by atoms with Crippen molar-refractivity contribution in [3.05, 3.63) is 0 Å². The molecule has 3 fully saturated rings. The molecule has 5 unspecified atom stereocenters. The van der Waals surface area contributed by atoms with Crippen molar-refractivity contribution in [2.75, 3.05) is 19.6 Å². The quantitative estimate of drug-likeness (QED) is 0.769. The summed E-state index contributed by atoms with van der Waals surface area (Å²) in [6, 6.07) is 2.58. The minimum absolute atomic E-state index is 0.414. The van der Waals surface area contributed by atoms with Crippen LogP contribution in [0.3, 0.4) is 0 Å². The van der Waals surface area contributed by atoms with Crippen LogP contribution in [0, 0.1) is 5.92 Å². The van der Waals surface area contributed by atoms with Crippen molar-refractivity contribution in [1.82, 2.24) is 9.80 Å². The fourth-order valence-electron chi connectivity index (χ4n) is 4.43. The Labute approximate surface area is 112 Å². The summed E-state index contributed by atoms with van der Waals surface area (Å²) in [4.78, 5) is 5.46. The van der Waals surface area contributed by atoms with Crippen LogP contribution in [0.4, 0.5) is 0 Å². The second-order valence-electron chi connectivity index (χ2n) is 6.99. The molecule has 18 heavy (non-hydrogen) atoms. The molecule has 0 aromatic heterocycles. The molecule has 0 spiro atoms. The maximum absolute atomic E-state index is 6.42. The largest absolute Gasteiger partial charge is 0.326 e. The van der Waals surface area contributed by atoms with Gasteiger partial charge in [-0.05, 0) is 51.5 Å². The molecule has 0 radical (unpaired) electrons. The summed E-state index contributed by atoms with van der Waals surface area (Å²) in [6.07, 6.45) is 6.68. The van der Waals surface area contributed by atoms with E-state index in [9.17, 15) is 0 Å². The first-order valence-corrected chi connectivity index (χ1v) is 7.90. The first kappa shape index (κ1) is 12.9. The van der Waals surface area contributed by atoms with Gasteiger partial charge in [0.2, 0.25) is 0 Å². The molecule has 2 aliphatic heterocycles. The zero-order valence-corrected chi connectivity index (χ0v) is 12.0. The van der Waals surface area contributed by atoms with Crippen LogP contribution in [-0.2, 0) is 0 Å². The van der Waals surface area contributed by atoms with Crippen LogP contribution in [0.25, 0.3) is 0 Å². The van der Waals surface area contributed by atoms with E-state index >= 15 is 0 Å². The van der Waals surface area contributed by atoms with Gasteiger partial charge in [0.05, 0.1) is 0 Å². The Balaban J connectivity index is 1.70. The molecule has 3 rings (SSSR count). The summed E-state index contributed by atoms with van der Waals surface area (Å²) >= 11 is 0. The molecule has 2 heterocycles. The van der Waals surface area contributed by atoms with Gasteiger partial charge in [-0.25, -0.2) is 0 Å². The van der Waals surface area contributed by atoms with Gasteiger partial charge in [-0.1, -0.05) is 6.92 Å². The highest BCUT2D eigenvalue weighted by Gasteiger charge is 2.40. The van der Waals surface area contributed by atoms with E-state index in [-0.39, 0.29) is 0 Å². The van der Waals surface area contributed by atoms with Crippen LogP contribution in [0.5, 0.6) is 0 Å². The lowest BCUT2D eigenvalue weighted by Crippen LogP contribution is -2.62. The Morgan fingerprint density at radius 1 is 1.06 bits per heavy atom. The average molecular weight is 251 g/mol.